The largest absolute Gasteiger partial charge is 0.328 e. The maximum Gasteiger partial charge on any atom is 0.257 e. The van der Waals surface area contributed by atoms with E-state index in [1.807, 2.05) is 18.2 Å². The number of imidazole rings is 1. The van der Waals surface area contributed by atoms with E-state index >= 15 is 0 Å². The van der Waals surface area contributed by atoms with Gasteiger partial charge in [-0.25, -0.2) is 4.98 Å². The van der Waals surface area contributed by atoms with Crippen LogP contribution in [0.5, 0.6) is 0 Å². The zero-order valence-corrected chi connectivity index (χ0v) is 14.0. The van der Waals surface area contributed by atoms with E-state index < -0.39 is 0 Å². The lowest BCUT2D eigenvalue weighted by molar-refractivity contribution is 0.102. The number of amides is 1. The first-order valence-corrected chi connectivity index (χ1v) is 8.00. The molecule has 2 aromatic heterocycles. The Morgan fingerprint density at radius 1 is 1.21 bits per heavy atom. The van der Waals surface area contributed by atoms with Gasteiger partial charge in [0.15, 0.2) is 0 Å². The second-order valence-corrected chi connectivity index (χ2v) is 5.65. The Morgan fingerprint density at radius 3 is 2.67 bits per heavy atom. The van der Waals surface area contributed by atoms with Crippen molar-refractivity contribution < 1.29 is 4.79 Å². The van der Waals surface area contributed by atoms with Crippen LogP contribution >= 0.6 is 0 Å². The minimum absolute atomic E-state index is 0.148. The van der Waals surface area contributed by atoms with E-state index in [-0.39, 0.29) is 11.5 Å². The average Bonchev–Trinajstić information content (AvgIpc) is 2.94. The normalized spacial score (nSPS) is 11.0. The van der Waals surface area contributed by atoms with Gasteiger partial charge in [0.25, 0.3) is 5.91 Å². The van der Waals surface area contributed by atoms with Crippen LogP contribution in [0.1, 0.15) is 30.0 Å². The molecule has 0 aliphatic heterocycles. The van der Waals surface area contributed by atoms with Gasteiger partial charge in [0, 0.05) is 38.0 Å². The molecule has 0 spiro atoms. The summed E-state index contributed by atoms with van der Waals surface area (Å²) in [6.45, 7) is 5.04. The van der Waals surface area contributed by atoms with Gasteiger partial charge in [-0.05, 0) is 31.2 Å². The van der Waals surface area contributed by atoms with Gasteiger partial charge in [-0.15, -0.1) is 0 Å². The molecule has 24 heavy (non-hydrogen) atoms. The third-order valence-electron chi connectivity index (χ3n) is 4.07. The summed E-state index contributed by atoms with van der Waals surface area (Å²) in [5.41, 5.74) is 2.90. The van der Waals surface area contributed by atoms with Gasteiger partial charge in [-0.1, -0.05) is 6.92 Å². The van der Waals surface area contributed by atoms with Gasteiger partial charge in [0.1, 0.15) is 5.82 Å². The molecule has 0 radical (unpaired) electrons. The lowest BCUT2D eigenvalue weighted by atomic mass is 10.2. The molecule has 0 unspecified atom stereocenters. The standard InChI is InChI=1S/C18H20N4O2/c1-4-16-20-14-10-13(7-8-15(14)22(16)5-2)19-18(24)12-6-9-17(23)21(3)11-12/h6-11H,4-5H2,1-3H3,(H,19,24). The van der Waals surface area contributed by atoms with Crippen LogP contribution in [-0.4, -0.2) is 20.0 Å². The summed E-state index contributed by atoms with van der Waals surface area (Å²) in [6.07, 6.45) is 2.39. The Hall–Kier alpha value is -2.89. The molecule has 124 valence electrons. The number of carbonyl (C=O) groups excluding carboxylic acids is 1. The lowest BCUT2D eigenvalue weighted by Gasteiger charge is -2.07. The fraction of sp³-hybridized carbons (Fsp3) is 0.278. The van der Waals surface area contributed by atoms with Crippen LogP contribution in [0, 0.1) is 0 Å². The molecule has 3 rings (SSSR count). The molecule has 0 aliphatic carbocycles. The first-order valence-electron chi connectivity index (χ1n) is 8.00. The molecule has 0 saturated carbocycles. The Labute approximate surface area is 139 Å². The molecular weight excluding hydrogens is 304 g/mol. The summed E-state index contributed by atoms with van der Waals surface area (Å²) in [5, 5.41) is 2.86. The van der Waals surface area contributed by atoms with Gasteiger partial charge in [0.2, 0.25) is 5.56 Å². The van der Waals surface area contributed by atoms with Gasteiger partial charge in [-0.3, -0.25) is 9.59 Å². The zero-order valence-electron chi connectivity index (χ0n) is 14.0. The number of fused-ring (bicyclic) bond motifs is 1. The minimum Gasteiger partial charge on any atom is -0.328 e. The second kappa shape index (κ2) is 6.31. The van der Waals surface area contributed by atoms with Crippen molar-refractivity contribution in [3.8, 4) is 0 Å². The smallest absolute Gasteiger partial charge is 0.257 e. The molecule has 0 atom stereocenters. The highest BCUT2D eigenvalue weighted by Gasteiger charge is 2.11. The minimum atomic E-state index is -0.254. The van der Waals surface area contributed by atoms with Crippen LogP contribution in [0.15, 0.2) is 41.3 Å². The Morgan fingerprint density at radius 2 is 2.00 bits per heavy atom. The number of hydrogen-bond acceptors (Lipinski definition) is 3. The quantitative estimate of drug-likeness (QED) is 0.802. The van der Waals surface area contributed by atoms with Crippen molar-refractivity contribution >= 4 is 22.6 Å². The first-order chi connectivity index (χ1) is 11.5. The van der Waals surface area contributed by atoms with E-state index in [4.69, 9.17) is 0 Å². The van der Waals surface area contributed by atoms with Gasteiger partial charge >= 0.3 is 0 Å². The number of aryl methyl sites for hydroxylation is 3. The second-order valence-electron chi connectivity index (χ2n) is 5.65. The van der Waals surface area contributed by atoms with Crippen LogP contribution in [0.25, 0.3) is 11.0 Å². The number of aromatic nitrogens is 3. The summed E-state index contributed by atoms with van der Waals surface area (Å²) in [5.74, 6) is 0.782. The maximum atomic E-state index is 12.3. The highest BCUT2D eigenvalue weighted by atomic mass is 16.2. The van der Waals surface area contributed by atoms with Gasteiger partial charge in [0.05, 0.1) is 16.6 Å². The highest BCUT2D eigenvalue weighted by molar-refractivity contribution is 6.04. The van der Waals surface area contributed by atoms with Crippen LogP contribution in [-0.2, 0) is 20.0 Å². The molecule has 0 fully saturated rings. The molecule has 0 bridgehead atoms. The molecule has 6 nitrogen and oxygen atoms in total. The van der Waals surface area contributed by atoms with Crippen LogP contribution in [0.3, 0.4) is 0 Å². The predicted octanol–water partition coefficient (Wildman–Crippen LogP) is 2.57. The van der Waals surface area contributed by atoms with E-state index in [0.717, 1.165) is 29.8 Å². The van der Waals surface area contributed by atoms with E-state index in [2.05, 4.69) is 28.7 Å². The monoisotopic (exact) mass is 324 g/mol. The highest BCUT2D eigenvalue weighted by Crippen LogP contribution is 2.21. The van der Waals surface area contributed by atoms with Crippen molar-refractivity contribution in [2.24, 2.45) is 7.05 Å². The summed E-state index contributed by atoms with van der Waals surface area (Å²) < 4.78 is 3.56. The van der Waals surface area contributed by atoms with Crippen molar-refractivity contribution in [2.75, 3.05) is 5.32 Å². The van der Waals surface area contributed by atoms with E-state index in [0.29, 0.717) is 11.3 Å². The number of nitrogens with one attached hydrogen (secondary N) is 1. The van der Waals surface area contributed by atoms with Crippen LogP contribution < -0.4 is 10.9 Å². The molecular formula is C18H20N4O2. The summed E-state index contributed by atoms with van der Waals surface area (Å²) in [7, 11) is 1.62. The third kappa shape index (κ3) is 2.82. The van der Waals surface area contributed by atoms with E-state index in [9.17, 15) is 9.59 Å². The lowest BCUT2D eigenvalue weighted by Crippen LogP contribution is -2.19. The Kier molecular flexibility index (Phi) is 4.20. The average molecular weight is 324 g/mol. The van der Waals surface area contributed by atoms with Gasteiger partial charge < -0.3 is 14.5 Å². The van der Waals surface area contributed by atoms with Crippen molar-refractivity contribution in [1.29, 1.82) is 0 Å². The first kappa shape index (κ1) is 16.0. The van der Waals surface area contributed by atoms with Crippen molar-refractivity contribution in [2.45, 2.75) is 26.8 Å². The molecule has 1 amide bonds. The Balaban J connectivity index is 1.91. The Bertz CT molecular complexity index is 969. The number of pyridine rings is 1. The van der Waals surface area contributed by atoms with E-state index in [1.54, 1.807) is 7.05 Å². The third-order valence-corrected chi connectivity index (χ3v) is 4.07. The number of carbonyl (C=O) groups is 1. The number of anilines is 1. The topological polar surface area (TPSA) is 68.9 Å². The number of benzene rings is 1. The molecule has 6 heteroatoms. The molecule has 3 aromatic rings. The predicted molar refractivity (Wildman–Crippen MR) is 94.4 cm³/mol. The zero-order chi connectivity index (χ0) is 17.3. The fourth-order valence-corrected chi connectivity index (χ4v) is 2.81. The summed E-state index contributed by atoms with van der Waals surface area (Å²) >= 11 is 0. The van der Waals surface area contributed by atoms with Crippen molar-refractivity contribution in [3.05, 3.63) is 58.3 Å². The molecule has 1 aromatic carbocycles. The number of hydrogen-bond donors (Lipinski definition) is 1. The van der Waals surface area contributed by atoms with Gasteiger partial charge in [-0.2, -0.15) is 0 Å². The van der Waals surface area contributed by atoms with Crippen molar-refractivity contribution in [3.63, 3.8) is 0 Å². The maximum absolute atomic E-state index is 12.3. The van der Waals surface area contributed by atoms with Crippen molar-refractivity contribution in [1.82, 2.24) is 14.1 Å². The molecule has 0 saturated heterocycles. The summed E-state index contributed by atoms with van der Waals surface area (Å²) in [6, 6.07) is 8.63. The number of nitrogens with zero attached hydrogens (tertiary/aromatic N) is 3. The van der Waals surface area contributed by atoms with E-state index in [1.165, 1.54) is 22.9 Å². The number of rotatable bonds is 4. The van der Waals surface area contributed by atoms with Crippen LogP contribution in [0.2, 0.25) is 0 Å². The molecule has 0 aliphatic rings. The fourth-order valence-electron chi connectivity index (χ4n) is 2.81. The SMILES string of the molecule is CCc1nc2cc(NC(=O)c3ccc(=O)n(C)c3)ccc2n1CC. The summed E-state index contributed by atoms with van der Waals surface area (Å²) in [4.78, 5) is 28.4. The molecule has 1 N–H and O–H groups in total. The van der Waals surface area contributed by atoms with Crippen LogP contribution in [0.4, 0.5) is 5.69 Å². The molecule has 2 heterocycles.